The second-order valence-electron chi connectivity index (χ2n) is 2.49. The predicted octanol–water partition coefficient (Wildman–Crippen LogP) is -0.583. The van der Waals surface area contributed by atoms with Gasteiger partial charge in [-0.3, -0.25) is 9.78 Å². The summed E-state index contributed by atoms with van der Waals surface area (Å²) in [5.41, 5.74) is 0.0301. The lowest BCUT2D eigenvalue weighted by molar-refractivity contribution is -0.608. The SMILES string of the molecule is CN(C)C(=O)c1cncc[n+]1[O-]. The fourth-order valence-electron chi connectivity index (χ4n) is 0.728. The molecule has 0 radical (unpaired) electrons. The van der Waals surface area contributed by atoms with Gasteiger partial charge in [0.25, 0.3) is 5.69 Å². The normalized spacial score (nSPS) is 9.50. The van der Waals surface area contributed by atoms with Crippen LogP contribution in [0.4, 0.5) is 0 Å². The minimum absolute atomic E-state index is 0.0301. The van der Waals surface area contributed by atoms with E-state index in [4.69, 9.17) is 0 Å². The maximum atomic E-state index is 11.2. The highest BCUT2D eigenvalue weighted by Crippen LogP contribution is 1.91. The van der Waals surface area contributed by atoms with E-state index in [1.807, 2.05) is 0 Å². The number of carbonyl (C=O) groups excluding carboxylic acids is 1. The molecule has 5 nitrogen and oxygen atoms in total. The molecule has 12 heavy (non-hydrogen) atoms. The highest BCUT2D eigenvalue weighted by Gasteiger charge is 2.16. The van der Waals surface area contributed by atoms with Crippen LogP contribution < -0.4 is 4.73 Å². The van der Waals surface area contributed by atoms with Gasteiger partial charge in [0.05, 0.1) is 6.20 Å². The van der Waals surface area contributed by atoms with Gasteiger partial charge in [-0.25, -0.2) is 0 Å². The van der Waals surface area contributed by atoms with Gasteiger partial charge in [-0.05, 0) is 0 Å². The van der Waals surface area contributed by atoms with E-state index < -0.39 is 0 Å². The molecule has 0 saturated carbocycles. The molecule has 1 aromatic rings. The Morgan fingerprint density at radius 3 is 2.83 bits per heavy atom. The number of hydrogen-bond acceptors (Lipinski definition) is 3. The summed E-state index contributed by atoms with van der Waals surface area (Å²) in [6.07, 6.45) is 3.77. The van der Waals surface area contributed by atoms with Gasteiger partial charge >= 0.3 is 5.91 Å². The van der Waals surface area contributed by atoms with Crippen molar-refractivity contribution < 1.29 is 9.52 Å². The Balaban J connectivity index is 3.03. The van der Waals surface area contributed by atoms with Crippen LogP contribution in [0, 0.1) is 5.21 Å². The number of carbonyl (C=O) groups is 1. The largest absolute Gasteiger partial charge is 0.618 e. The number of aromatic nitrogens is 2. The molecule has 0 aliphatic heterocycles. The molecule has 0 aliphatic carbocycles. The van der Waals surface area contributed by atoms with E-state index >= 15 is 0 Å². The zero-order chi connectivity index (χ0) is 9.14. The molecule has 0 atom stereocenters. The maximum absolute atomic E-state index is 11.2. The minimum Gasteiger partial charge on any atom is -0.618 e. The van der Waals surface area contributed by atoms with E-state index in [1.54, 1.807) is 14.1 Å². The molecule has 1 heterocycles. The van der Waals surface area contributed by atoms with Crippen LogP contribution in [0.1, 0.15) is 10.5 Å². The van der Waals surface area contributed by atoms with Crippen LogP contribution in [0.3, 0.4) is 0 Å². The molecule has 1 rings (SSSR count). The van der Waals surface area contributed by atoms with Gasteiger partial charge < -0.3 is 10.1 Å². The van der Waals surface area contributed by atoms with Crippen LogP contribution in [0.25, 0.3) is 0 Å². The van der Waals surface area contributed by atoms with E-state index in [0.29, 0.717) is 4.73 Å². The third-order valence-corrected chi connectivity index (χ3v) is 1.35. The molecule has 64 valence electrons. The summed E-state index contributed by atoms with van der Waals surface area (Å²) in [6.45, 7) is 0. The molecule has 5 heteroatoms. The van der Waals surface area contributed by atoms with Crippen molar-refractivity contribution in [3.63, 3.8) is 0 Å². The monoisotopic (exact) mass is 167 g/mol. The van der Waals surface area contributed by atoms with Crippen molar-refractivity contribution in [2.45, 2.75) is 0 Å². The Morgan fingerprint density at radius 1 is 1.67 bits per heavy atom. The first-order chi connectivity index (χ1) is 5.63. The summed E-state index contributed by atoms with van der Waals surface area (Å²) in [4.78, 5) is 16.2. The number of hydrogen-bond donors (Lipinski definition) is 0. The molecular weight excluding hydrogens is 158 g/mol. The van der Waals surface area contributed by atoms with Gasteiger partial charge in [-0.2, -0.15) is 4.73 Å². The van der Waals surface area contributed by atoms with E-state index in [1.165, 1.54) is 23.5 Å². The Labute approximate surface area is 69.8 Å². The van der Waals surface area contributed by atoms with Crippen LogP contribution in [0.2, 0.25) is 0 Å². The Bertz CT molecular complexity index is 298. The lowest BCUT2D eigenvalue weighted by Crippen LogP contribution is -2.38. The van der Waals surface area contributed by atoms with Crippen LogP contribution in [-0.2, 0) is 0 Å². The molecule has 0 aromatic carbocycles. The molecule has 0 fully saturated rings. The smallest absolute Gasteiger partial charge is 0.321 e. The average molecular weight is 167 g/mol. The molecule has 0 spiro atoms. The quantitative estimate of drug-likeness (QED) is 0.415. The van der Waals surface area contributed by atoms with Gasteiger partial charge in [0.2, 0.25) is 0 Å². The molecule has 0 bridgehead atoms. The predicted molar refractivity (Wildman–Crippen MR) is 41.2 cm³/mol. The summed E-state index contributed by atoms with van der Waals surface area (Å²) in [6, 6.07) is 0. The summed E-state index contributed by atoms with van der Waals surface area (Å²) in [5.74, 6) is -0.349. The van der Waals surface area contributed by atoms with Crippen molar-refractivity contribution in [1.29, 1.82) is 0 Å². The van der Waals surface area contributed by atoms with Crippen LogP contribution in [0.15, 0.2) is 18.6 Å². The number of rotatable bonds is 1. The standard InChI is InChI=1S/C7H9N3O2/c1-9(2)7(11)6-5-8-3-4-10(6)12/h3-5H,1-2H3. The summed E-state index contributed by atoms with van der Waals surface area (Å²) < 4.78 is 0.495. The Morgan fingerprint density at radius 2 is 2.33 bits per heavy atom. The Kier molecular flexibility index (Phi) is 2.23. The fraction of sp³-hybridized carbons (Fsp3) is 0.286. The van der Waals surface area contributed by atoms with E-state index in [0.717, 1.165) is 0 Å². The average Bonchev–Trinajstić information content (AvgIpc) is 2.04. The molecule has 0 aliphatic rings. The third-order valence-electron chi connectivity index (χ3n) is 1.35. The third kappa shape index (κ3) is 1.50. The maximum Gasteiger partial charge on any atom is 0.321 e. The molecule has 1 amide bonds. The second kappa shape index (κ2) is 3.17. The lowest BCUT2D eigenvalue weighted by Gasteiger charge is -2.08. The van der Waals surface area contributed by atoms with Crippen molar-refractivity contribution in [2.24, 2.45) is 0 Å². The van der Waals surface area contributed by atoms with Gasteiger partial charge in [0.1, 0.15) is 6.20 Å². The zero-order valence-electron chi connectivity index (χ0n) is 6.89. The second-order valence-corrected chi connectivity index (χ2v) is 2.49. The Hall–Kier alpha value is -1.65. The molecule has 0 saturated heterocycles. The first-order valence-corrected chi connectivity index (χ1v) is 3.37. The van der Waals surface area contributed by atoms with Gasteiger partial charge in [-0.1, -0.05) is 0 Å². The van der Waals surface area contributed by atoms with Crippen LogP contribution in [-0.4, -0.2) is 29.9 Å². The van der Waals surface area contributed by atoms with E-state index in [-0.39, 0.29) is 11.6 Å². The molecule has 1 aromatic heterocycles. The van der Waals surface area contributed by atoms with Crippen molar-refractivity contribution >= 4 is 5.91 Å². The highest BCUT2D eigenvalue weighted by molar-refractivity contribution is 5.90. The zero-order valence-corrected chi connectivity index (χ0v) is 6.89. The highest BCUT2D eigenvalue weighted by atomic mass is 16.5. The van der Waals surface area contributed by atoms with Crippen LogP contribution in [0.5, 0.6) is 0 Å². The van der Waals surface area contributed by atoms with Crippen molar-refractivity contribution in [3.05, 3.63) is 29.5 Å². The van der Waals surface area contributed by atoms with Crippen LogP contribution >= 0.6 is 0 Å². The van der Waals surface area contributed by atoms with Crippen molar-refractivity contribution in [1.82, 2.24) is 9.88 Å². The molecular formula is C7H9N3O2. The first-order valence-electron chi connectivity index (χ1n) is 3.37. The topological polar surface area (TPSA) is 60.1 Å². The molecule has 0 unspecified atom stereocenters. The van der Waals surface area contributed by atoms with Gasteiger partial charge in [0.15, 0.2) is 6.20 Å². The van der Waals surface area contributed by atoms with Crippen molar-refractivity contribution in [2.75, 3.05) is 14.1 Å². The van der Waals surface area contributed by atoms with Gasteiger partial charge in [-0.15, -0.1) is 0 Å². The number of nitrogens with zero attached hydrogens (tertiary/aromatic N) is 3. The minimum atomic E-state index is -0.349. The van der Waals surface area contributed by atoms with E-state index in [2.05, 4.69) is 4.98 Å². The first kappa shape index (κ1) is 8.45. The van der Waals surface area contributed by atoms with Gasteiger partial charge in [0, 0.05) is 14.1 Å². The van der Waals surface area contributed by atoms with E-state index in [9.17, 15) is 10.0 Å². The summed E-state index contributed by atoms with van der Waals surface area (Å²) >= 11 is 0. The lowest BCUT2D eigenvalue weighted by atomic mass is 10.4. The van der Waals surface area contributed by atoms with Crippen molar-refractivity contribution in [3.8, 4) is 0 Å². The summed E-state index contributed by atoms with van der Waals surface area (Å²) in [7, 11) is 3.16. The summed E-state index contributed by atoms with van der Waals surface area (Å²) in [5, 5.41) is 11.0. The number of amides is 1. The molecule has 0 N–H and O–H groups in total. The fourth-order valence-corrected chi connectivity index (χ4v) is 0.728.